The highest BCUT2D eigenvalue weighted by Gasteiger charge is 2.19. The Bertz CT molecular complexity index is 414. The summed E-state index contributed by atoms with van der Waals surface area (Å²) in [5, 5.41) is 0. The molecule has 0 saturated heterocycles. The summed E-state index contributed by atoms with van der Waals surface area (Å²) < 4.78 is 31.0. The fourth-order valence-electron chi connectivity index (χ4n) is 3.79. The van der Waals surface area contributed by atoms with Gasteiger partial charge in [0, 0.05) is 0 Å². The van der Waals surface area contributed by atoms with Crippen molar-refractivity contribution in [2.75, 3.05) is 33.3 Å². The summed E-state index contributed by atoms with van der Waals surface area (Å²) in [4.78, 5) is 0. The Hall–Kier alpha value is -0.170. The zero-order chi connectivity index (χ0) is 22.4. The van der Waals surface area contributed by atoms with Crippen LogP contribution in [0.4, 0.5) is 0 Å². The van der Waals surface area contributed by atoms with E-state index in [2.05, 4.69) is 31.9 Å². The van der Waals surface area contributed by atoms with Crippen molar-refractivity contribution in [1.82, 2.24) is 0 Å². The van der Waals surface area contributed by atoms with E-state index in [4.69, 9.17) is 4.55 Å². The van der Waals surface area contributed by atoms with Crippen molar-refractivity contribution in [3.05, 3.63) is 0 Å². The Morgan fingerprint density at radius 2 is 0.897 bits per heavy atom. The van der Waals surface area contributed by atoms with Gasteiger partial charge in [-0.2, -0.15) is 8.42 Å². The molecule has 0 fully saturated rings. The van der Waals surface area contributed by atoms with Gasteiger partial charge in [0.15, 0.2) is 0 Å². The first kappa shape index (κ1) is 31.0. The largest absolute Gasteiger partial charge is 0.397 e. The second-order valence-corrected chi connectivity index (χ2v) is 9.39. The Labute approximate surface area is 183 Å². The van der Waals surface area contributed by atoms with Crippen molar-refractivity contribution in [1.29, 1.82) is 0 Å². The lowest BCUT2D eigenvalue weighted by Gasteiger charge is -2.35. The van der Waals surface area contributed by atoms with Gasteiger partial charge in [-0.1, -0.05) is 84.0 Å². The van der Waals surface area contributed by atoms with Gasteiger partial charge >= 0.3 is 10.4 Å². The number of hydrogen-bond acceptors (Lipinski definition) is 3. The number of rotatable bonds is 19. The Balaban J connectivity index is 0. The predicted octanol–water partition coefficient (Wildman–Crippen LogP) is 6.78. The lowest BCUT2D eigenvalue weighted by molar-refractivity contribution is -0.923. The van der Waals surface area contributed by atoms with Gasteiger partial charge in [-0.15, -0.1) is 0 Å². The van der Waals surface area contributed by atoms with Crippen molar-refractivity contribution in [2.24, 2.45) is 0 Å². The van der Waals surface area contributed by atoms with E-state index >= 15 is 0 Å². The molecule has 0 unspecified atom stereocenters. The average molecular weight is 439 g/mol. The molecule has 5 nitrogen and oxygen atoms in total. The van der Waals surface area contributed by atoms with E-state index in [9.17, 15) is 8.42 Å². The van der Waals surface area contributed by atoms with Gasteiger partial charge in [-0.3, -0.25) is 8.74 Å². The standard InChI is InChI=1S/C22H48N.CH4O4S/c1-5-9-10-11-12-13-14-15-16-17-18-19-20-21-22-23(6-2,7-3)8-4;1-5-6(2,3)4/h5-22H2,1-4H3;1H3,(H,2,3,4)/q+1;. The van der Waals surface area contributed by atoms with Crippen molar-refractivity contribution in [3.8, 4) is 0 Å². The first-order valence-electron chi connectivity index (χ1n) is 12.2. The normalized spacial score (nSPS) is 11.9. The SMILES string of the molecule is CCCCCCCCCCCCCCCC[N+](CC)(CC)CC.COS(=O)(=O)O. The van der Waals surface area contributed by atoms with E-state index in [0.29, 0.717) is 0 Å². The zero-order valence-corrected chi connectivity index (χ0v) is 21.1. The van der Waals surface area contributed by atoms with Crippen LogP contribution < -0.4 is 0 Å². The maximum Gasteiger partial charge on any atom is 0.397 e. The molecule has 0 saturated carbocycles. The van der Waals surface area contributed by atoms with Crippen molar-refractivity contribution in [2.45, 2.75) is 118 Å². The quantitative estimate of drug-likeness (QED) is 0.137. The second-order valence-electron chi connectivity index (χ2n) is 8.20. The van der Waals surface area contributed by atoms with Crippen LogP contribution in [0.25, 0.3) is 0 Å². The molecule has 0 spiro atoms. The number of unbranched alkanes of at least 4 members (excludes halogenated alkanes) is 13. The number of quaternary nitrogens is 1. The minimum absolute atomic E-state index is 0.870. The van der Waals surface area contributed by atoms with Crippen molar-refractivity contribution >= 4 is 10.4 Å². The summed E-state index contributed by atoms with van der Waals surface area (Å²) in [7, 11) is -3.29. The maximum atomic E-state index is 9.33. The molecule has 29 heavy (non-hydrogen) atoms. The third kappa shape index (κ3) is 22.3. The highest BCUT2D eigenvalue weighted by atomic mass is 32.3. The first-order chi connectivity index (χ1) is 13.8. The van der Waals surface area contributed by atoms with Gasteiger partial charge in [0.05, 0.1) is 33.3 Å². The Morgan fingerprint density at radius 3 is 1.14 bits per heavy atom. The van der Waals surface area contributed by atoms with Crippen LogP contribution in [0.5, 0.6) is 0 Å². The van der Waals surface area contributed by atoms with E-state index in [-0.39, 0.29) is 0 Å². The highest BCUT2D eigenvalue weighted by molar-refractivity contribution is 7.80. The Morgan fingerprint density at radius 1 is 0.621 bits per heavy atom. The molecule has 0 aromatic rings. The summed E-state index contributed by atoms with van der Waals surface area (Å²) in [5.74, 6) is 0. The fraction of sp³-hybridized carbons (Fsp3) is 1.00. The van der Waals surface area contributed by atoms with Crippen LogP contribution in [0.3, 0.4) is 0 Å². The second kappa shape index (κ2) is 21.1. The minimum atomic E-state index is -4.16. The molecule has 0 radical (unpaired) electrons. The van der Waals surface area contributed by atoms with Crippen LogP contribution in [0.15, 0.2) is 0 Å². The van der Waals surface area contributed by atoms with Crippen LogP contribution in [-0.2, 0) is 14.6 Å². The molecular formula is C23H52NO4S+. The topological polar surface area (TPSA) is 63.6 Å². The summed E-state index contributed by atoms with van der Waals surface area (Å²) in [5.41, 5.74) is 0. The molecule has 0 aromatic carbocycles. The summed E-state index contributed by atoms with van der Waals surface area (Å²) in [6, 6.07) is 0. The van der Waals surface area contributed by atoms with Gasteiger partial charge in [0.25, 0.3) is 0 Å². The van der Waals surface area contributed by atoms with E-state index in [1.165, 1.54) is 121 Å². The number of hydrogen-bond donors (Lipinski definition) is 1. The maximum absolute atomic E-state index is 9.33. The molecule has 1 N–H and O–H groups in total. The van der Waals surface area contributed by atoms with E-state index in [0.717, 1.165) is 7.11 Å². The van der Waals surface area contributed by atoms with Crippen LogP contribution in [0.2, 0.25) is 0 Å². The van der Waals surface area contributed by atoms with Gasteiger partial charge in [-0.05, 0) is 33.6 Å². The van der Waals surface area contributed by atoms with Crippen LogP contribution in [0.1, 0.15) is 118 Å². The molecule has 0 rings (SSSR count). The molecule has 0 atom stereocenters. The van der Waals surface area contributed by atoms with E-state index in [1.807, 2.05) is 0 Å². The summed E-state index contributed by atoms with van der Waals surface area (Å²) in [6.45, 7) is 14.7. The minimum Gasteiger partial charge on any atom is -0.324 e. The average Bonchev–Trinajstić information content (AvgIpc) is 2.71. The van der Waals surface area contributed by atoms with Crippen LogP contribution in [-0.4, -0.2) is 50.7 Å². The smallest absolute Gasteiger partial charge is 0.324 e. The lowest BCUT2D eigenvalue weighted by atomic mass is 10.0. The van der Waals surface area contributed by atoms with Crippen LogP contribution >= 0.6 is 0 Å². The molecule has 0 aliphatic carbocycles. The third-order valence-corrected chi connectivity index (χ3v) is 6.63. The van der Waals surface area contributed by atoms with Gasteiger partial charge in [-0.25, -0.2) is 0 Å². The highest BCUT2D eigenvalue weighted by Crippen LogP contribution is 2.14. The molecule has 6 heteroatoms. The van der Waals surface area contributed by atoms with E-state index < -0.39 is 10.4 Å². The molecule has 0 aromatic heterocycles. The van der Waals surface area contributed by atoms with Gasteiger partial charge < -0.3 is 4.48 Å². The third-order valence-electron chi connectivity index (χ3n) is 6.21. The first-order valence-corrected chi connectivity index (χ1v) is 13.5. The van der Waals surface area contributed by atoms with Gasteiger partial charge in [0.1, 0.15) is 0 Å². The lowest BCUT2D eigenvalue weighted by Crippen LogP contribution is -2.48. The molecular weight excluding hydrogens is 386 g/mol. The molecule has 0 bridgehead atoms. The number of nitrogens with zero attached hydrogens (tertiary/aromatic N) is 1. The fourth-order valence-corrected chi connectivity index (χ4v) is 3.79. The van der Waals surface area contributed by atoms with E-state index in [1.54, 1.807) is 0 Å². The molecule has 0 aliphatic heterocycles. The molecule has 0 heterocycles. The molecule has 0 aliphatic rings. The molecule has 0 amide bonds. The predicted molar refractivity (Wildman–Crippen MR) is 126 cm³/mol. The van der Waals surface area contributed by atoms with Gasteiger partial charge in [0.2, 0.25) is 0 Å². The summed E-state index contributed by atoms with van der Waals surface area (Å²) >= 11 is 0. The molecule has 178 valence electrons. The van der Waals surface area contributed by atoms with Crippen molar-refractivity contribution in [3.63, 3.8) is 0 Å². The monoisotopic (exact) mass is 438 g/mol. The van der Waals surface area contributed by atoms with Crippen LogP contribution in [0, 0.1) is 0 Å². The summed E-state index contributed by atoms with van der Waals surface area (Å²) in [6.07, 6.45) is 20.5. The van der Waals surface area contributed by atoms with Crippen molar-refractivity contribution < 1.29 is 21.6 Å². The Kier molecular flexibility index (Phi) is 22.5. The zero-order valence-electron chi connectivity index (χ0n) is 20.3.